The molecular formula is C16H24N4O. The third-order valence-corrected chi connectivity index (χ3v) is 4.71. The van der Waals surface area contributed by atoms with Crippen molar-refractivity contribution in [3.63, 3.8) is 0 Å². The number of carbonyl (C=O) groups is 1. The number of nitrogens with zero attached hydrogens (tertiary/aromatic N) is 4. The van der Waals surface area contributed by atoms with E-state index in [-0.39, 0.29) is 0 Å². The Balaban J connectivity index is 1.43. The van der Waals surface area contributed by atoms with E-state index in [0.717, 1.165) is 50.9 Å². The van der Waals surface area contributed by atoms with Gasteiger partial charge in [-0.15, -0.1) is 0 Å². The van der Waals surface area contributed by atoms with E-state index < -0.39 is 0 Å². The quantitative estimate of drug-likeness (QED) is 0.851. The van der Waals surface area contributed by atoms with Crippen LogP contribution in [0.1, 0.15) is 38.5 Å². The molecule has 5 nitrogen and oxygen atoms in total. The monoisotopic (exact) mass is 288 g/mol. The molecule has 0 aromatic carbocycles. The van der Waals surface area contributed by atoms with E-state index in [0.29, 0.717) is 5.91 Å². The molecule has 1 saturated carbocycles. The van der Waals surface area contributed by atoms with Gasteiger partial charge >= 0.3 is 0 Å². The van der Waals surface area contributed by atoms with Gasteiger partial charge in [0.15, 0.2) is 0 Å². The number of hydrogen-bond acceptors (Lipinski definition) is 4. The van der Waals surface area contributed by atoms with Crippen LogP contribution in [0.15, 0.2) is 18.5 Å². The van der Waals surface area contributed by atoms with Gasteiger partial charge in [-0.1, -0.05) is 25.7 Å². The zero-order valence-corrected chi connectivity index (χ0v) is 12.6. The van der Waals surface area contributed by atoms with E-state index in [4.69, 9.17) is 0 Å². The highest BCUT2D eigenvalue weighted by Gasteiger charge is 2.23. The first-order chi connectivity index (χ1) is 10.3. The second kappa shape index (κ2) is 6.87. The molecule has 0 bridgehead atoms. The molecule has 5 heteroatoms. The average molecular weight is 288 g/mol. The number of hydrogen-bond donors (Lipinski definition) is 0. The molecule has 1 aromatic rings. The number of amides is 1. The summed E-state index contributed by atoms with van der Waals surface area (Å²) in [6, 6.07) is 1.83. The van der Waals surface area contributed by atoms with Crippen molar-refractivity contribution in [3.05, 3.63) is 18.5 Å². The molecule has 2 aliphatic rings. The summed E-state index contributed by atoms with van der Waals surface area (Å²) >= 11 is 0. The largest absolute Gasteiger partial charge is 0.339 e. The predicted octanol–water partition coefficient (Wildman–Crippen LogP) is 2.10. The van der Waals surface area contributed by atoms with Crippen molar-refractivity contribution in [3.8, 4) is 0 Å². The van der Waals surface area contributed by atoms with Crippen molar-refractivity contribution in [1.29, 1.82) is 0 Å². The molecule has 21 heavy (non-hydrogen) atoms. The molecular weight excluding hydrogens is 264 g/mol. The minimum Gasteiger partial charge on any atom is -0.339 e. The number of aromatic nitrogens is 2. The topological polar surface area (TPSA) is 49.3 Å². The van der Waals surface area contributed by atoms with Gasteiger partial charge in [0.1, 0.15) is 0 Å². The summed E-state index contributed by atoms with van der Waals surface area (Å²) < 4.78 is 0. The Bertz CT molecular complexity index is 451. The second-order valence-electron chi connectivity index (χ2n) is 6.11. The molecule has 0 unspecified atom stereocenters. The maximum Gasteiger partial charge on any atom is 0.225 e. The molecule has 1 aromatic heterocycles. The Morgan fingerprint density at radius 3 is 2.43 bits per heavy atom. The van der Waals surface area contributed by atoms with Crippen LogP contribution in [0.3, 0.4) is 0 Å². The highest BCUT2D eigenvalue weighted by Crippen LogP contribution is 2.28. The van der Waals surface area contributed by atoms with Gasteiger partial charge in [0.05, 0.1) is 0 Å². The van der Waals surface area contributed by atoms with Crippen molar-refractivity contribution < 1.29 is 4.79 Å². The molecule has 1 saturated heterocycles. The van der Waals surface area contributed by atoms with Gasteiger partial charge in [-0.05, 0) is 18.4 Å². The number of anilines is 1. The van der Waals surface area contributed by atoms with E-state index in [1.165, 1.54) is 25.7 Å². The molecule has 0 N–H and O–H groups in total. The van der Waals surface area contributed by atoms with E-state index in [1.807, 2.05) is 11.0 Å². The summed E-state index contributed by atoms with van der Waals surface area (Å²) in [5, 5.41) is 0. The third-order valence-electron chi connectivity index (χ3n) is 4.71. The first kappa shape index (κ1) is 14.3. The van der Waals surface area contributed by atoms with Gasteiger partial charge in [-0.25, -0.2) is 9.97 Å². The van der Waals surface area contributed by atoms with Gasteiger partial charge in [0.2, 0.25) is 11.9 Å². The highest BCUT2D eigenvalue weighted by molar-refractivity contribution is 5.76. The molecule has 2 fully saturated rings. The SMILES string of the molecule is O=C(CCC1CCCC1)N1CCN(c2ncccn2)CC1. The Morgan fingerprint density at radius 1 is 1.10 bits per heavy atom. The van der Waals surface area contributed by atoms with Crippen LogP contribution >= 0.6 is 0 Å². The number of piperazine rings is 1. The minimum absolute atomic E-state index is 0.329. The molecule has 0 radical (unpaired) electrons. The molecule has 1 aliphatic heterocycles. The Kier molecular flexibility index (Phi) is 4.68. The lowest BCUT2D eigenvalue weighted by molar-refractivity contribution is -0.131. The standard InChI is InChI=1S/C16H24N4O/c21-15(7-6-14-4-1-2-5-14)19-10-12-20(13-11-19)16-17-8-3-9-18-16/h3,8-9,14H,1-2,4-7,10-13H2. The molecule has 0 atom stereocenters. The Morgan fingerprint density at radius 2 is 1.76 bits per heavy atom. The fraction of sp³-hybridized carbons (Fsp3) is 0.688. The van der Waals surface area contributed by atoms with Crippen LogP contribution < -0.4 is 4.90 Å². The zero-order valence-electron chi connectivity index (χ0n) is 12.6. The van der Waals surface area contributed by atoms with Crippen LogP contribution in [0.5, 0.6) is 0 Å². The summed E-state index contributed by atoms with van der Waals surface area (Å²) in [4.78, 5) is 25.0. The smallest absolute Gasteiger partial charge is 0.225 e. The number of rotatable bonds is 4. The molecule has 2 heterocycles. The summed E-state index contributed by atoms with van der Waals surface area (Å²) in [5.41, 5.74) is 0. The lowest BCUT2D eigenvalue weighted by atomic mass is 10.0. The van der Waals surface area contributed by atoms with Crippen molar-refractivity contribution in [1.82, 2.24) is 14.9 Å². The zero-order chi connectivity index (χ0) is 14.5. The molecule has 1 aliphatic carbocycles. The normalized spacial score (nSPS) is 20.0. The van der Waals surface area contributed by atoms with Crippen LogP contribution in [0.2, 0.25) is 0 Å². The van der Waals surface area contributed by atoms with Crippen molar-refractivity contribution >= 4 is 11.9 Å². The Hall–Kier alpha value is -1.65. The minimum atomic E-state index is 0.329. The van der Waals surface area contributed by atoms with Gasteiger partial charge in [0, 0.05) is 45.0 Å². The van der Waals surface area contributed by atoms with E-state index in [9.17, 15) is 4.79 Å². The molecule has 3 rings (SSSR count). The van der Waals surface area contributed by atoms with Crippen LogP contribution in [0, 0.1) is 5.92 Å². The van der Waals surface area contributed by atoms with Crippen LogP contribution in [-0.4, -0.2) is 47.0 Å². The summed E-state index contributed by atoms with van der Waals surface area (Å²) in [6.07, 6.45) is 10.7. The lowest BCUT2D eigenvalue weighted by Gasteiger charge is -2.34. The highest BCUT2D eigenvalue weighted by atomic mass is 16.2. The first-order valence-electron chi connectivity index (χ1n) is 8.12. The van der Waals surface area contributed by atoms with Crippen molar-refractivity contribution in [2.24, 2.45) is 5.92 Å². The van der Waals surface area contributed by atoms with E-state index in [2.05, 4.69) is 14.9 Å². The van der Waals surface area contributed by atoms with Gasteiger partial charge in [-0.3, -0.25) is 4.79 Å². The molecule has 114 valence electrons. The van der Waals surface area contributed by atoms with Gasteiger partial charge in [0.25, 0.3) is 0 Å². The fourth-order valence-electron chi connectivity index (χ4n) is 3.40. The van der Waals surface area contributed by atoms with E-state index in [1.54, 1.807) is 12.4 Å². The van der Waals surface area contributed by atoms with Crippen molar-refractivity contribution in [2.75, 3.05) is 31.1 Å². The average Bonchev–Trinajstić information content (AvgIpc) is 3.07. The predicted molar refractivity (Wildman–Crippen MR) is 82.0 cm³/mol. The lowest BCUT2D eigenvalue weighted by Crippen LogP contribution is -2.49. The maximum atomic E-state index is 12.3. The molecule has 0 spiro atoms. The summed E-state index contributed by atoms with van der Waals surface area (Å²) in [6.45, 7) is 3.25. The van der Waals surface area contributed by atoms with Crippen LogP contribution in [-0.2, 0) is 4.79 Å². The summed E-state index contributed by atoms with van der Waals surface area (Å²) in [7, 11) is 0. The van der Waals surface area contributed by atoms with Crippen LogP contribution in [0.4, 0.5) is 5.95 Å². The van der Waals surface area contributed by atoms with Gasteiger partial charge < -0.3 is 9.80 Å². The van der Waals surface area contributed by atoms with E-state index >= 15 is 0 Å². The van der Waals surface area contributed by atoms with Crippen molar-refractivity contribution in [2.45, 2.75) is 38.5 Å². The fourth-order valence-corrected chi connectivity index (χ4v) is 3.40. The number of carbonyl (C=O) groups excluding carboxylic acids is 1. The maximum absolute atomic E-state index is 12.3. The molecule has 1 amide bonds. The van der Waals surface area contributed by atoms with Gasteiger partial charge in [-0.2, -0.15) is 0 Å². The van der Waals surface area contributed by atoms with Crippen LogP contribution in [0.25, 0.3) is 0 Å². The third kappa shape index (κ3) is 3.71. The first-order valence-corrected chi connectivity index (χ1v) is 8.12. The Labute approximate surface area is 126 Å². The second-order valence-corrected chi connectivity index (χ2v) is 6.11. The summed E-state index contributed by atoms with van der Waals surface area (Å²) in [5.74, 6) is 1.90.